The first kappa shape index (κ1) is 12.0. The van der Waals surface area contributed by atoms with Crippen LogP contribution in [0.5, 0.6) is 0 Å². The molecule has 104 valence electrons. The monoisotopic (exact) mass is 258 g/mol. The molecule has 0 aliphatic heterocycles. The summed E-state index contributed by atoms with van der Waals surface area (Å²) in [6.07, 6.45) is 9.90. The Morgan fingerprint density at radius 1 is 1.16 bits per heavy atom. The van der Waals surface area contributed by atoms with Crippen molar-refractivity contribution in [2.24, 2.45) is 23.5 Å². The van der Waals surface area contributed by atoms with E-state index in [1.807, 2.05) is 0 Å². The van der Waals surface area contributed by atoms with Gasteiger partial charge in [-0.05, 0) is 87.8 Å². The van der Waals surface area contributed by atoms with Gasteiger partial charge in [-0.25, -0.2) is 0 Å². The predicted molar refractivity (Wildman–Crippen MR) is 78.1 cm³/mol. The largest absolute Gasteiger partial charge is 0.362 e. The number of hydrogen-bond acceptors (Lipinski definition) is 1. The Labute approximate surface area is 116 Å². The zero-order chi connectivity index (χ0) is 13.0. The molecule has 0 saturated heterocycles. The van der Waals surface area contributed by atoms with Crippen LogP contribution in [0, 0.1) is 24.7 Å². The van der Waals surface area contributed by atoms with Gasteiger partial charge in [0.25, 0.3) is 0 Å². The molecule has 2 heteroatoms. The van der Waals surface area contributed by atoms with E-state index in [-0.39, 0.29) is 0 Å². The summed E-state index contributed by atoms with van der Waals surface area (Å²) in [6, 6.07) is 2.44. The fourth-order valence-corrected chi connectivity index (χ4v) is 5.73. The molecule has 1 aromatic rings. The van der Waals surface area contributed by atoms with Gasteiger partial charge in [-0.1, -0.05) is 0 Å². The smallest absolute Gasteiger partial charge is 0.0215 e. The lowest BCUT2D eigenvalue weighted by molar-refractivity contribution is -0.00702. The van der Waals surface area contributed by atoms with Gasteiger partial charge in [0.05, 0.1) is 0 Å². The molecule has 5 rings (SSSR count). The van der Waals surface area contributed by atoms with Crippen LogP contribution in [0.1, 0.15) is 55.5 Å². The van der Waals surface area contributed by atoms with E-state index in [9.17, 15) is 0 Å². The van der Waals surface area contributed by atoms with Crippen LogP contribution in [0.3, 0.4) is 0 Å². The summed E-state index contributed by atoms with van der Waals surface area (Å²) in [7, 11) is 0. The molecule has 4 aliphatic carbocycles. The first-order chi connectivity index (χ1) is 9.18. The summed E-state index contributed by atoms with van der Waals surface area (Å²) in [4.78, 5) is 3.76. The quantitative estimate of drug-likeness (QED) is 0.858. The predicted octanol–water partition coefficient (Wildman–Crippen LogP) is 3.29. The summed E-state index contributed by atoms with van der Waals surface area (Å²) in [5.41, 5.74) is 10.6. The van der Waals surface area contributed by atoms with Crippen LogP contribution in [-0.4, -0.2) is 11.5 Å². The lowest BCUT2D eigenvalue weighted by Crippen LogP contribution is -2.48. The van der Waals surface area contributed by atoms with Crippen molar-refractivity contribution in [1.29, 1.82) is 0 Å². The zero-order valence-electron chi connectivity index (χ0n) is 12.0. The van der Waals surface area contributed by atoms with E-state index in [4.69, 9.17) is 5.73 Å². The molecule has 2 nitrogen and oxygen atoms in total. The van der Waals surface area contributed by atoms with Crippen molar-refractivity contribution in [3.63, 3.8) is 0 Å². The van der Waals surface area contributed by atoms with Crippen LogP contribution in [-0.2, 0) is 11.8 Å². The number of hydrogen-bond donors (Lipinski definition) is 2. The van der Waals surface area contributed by atoms with E-state index in [0.717, 1.165) is 30.7 Å². The molecule has 19 heavy (non-hydrogen) atoms. The minimum Gasteiger partial charge on any atom is -0.362 e. The Balaban J connectivity index is 1.69. The maximum Gasteiger partial charge on any atom is 0.0215 e. The minimum atomic E-state index is 0.506. The van der Waals surface area contributed by atoms with E-state index in [1.165, 1.54) is 49.8 Å². The zero-order valence-corrected chi connectivity index (χ0v) is 12.0. The third-order valence-corrected chi connectivity index (χ3v) is 6.13. The topological polar surface area (TPSA) is 41.8 Å². The summed E-state index contributed by atoms with van der Waals surface area (Å²) in [6.45, 7) is 2.99. The molecule has 3 N–H and O–H groups in total. The summed E-state index contributed by atoms with van der Waals surface area (Å²) < 4.78 is 0. The van der Waals surface area contributed by atoms with Crippen LogP contribution < -0.4 is 5.73 Å². The lowest BCUT2D eigenvalue weighted by atomic mass is 9.49. The SMILES string of the molecule is Cc1cc(C23CC4CC(CC(C4)C2)C3)[nH]c1CCN. The van der Waals surface area contributed by atoms with Crippen molar-refractivity contribution >= 4 is 0 Å². The first-order valence-electron chi connectivity index (χ1n) is 8.07. The molecule has 4 fully saturated rings. The number of nitrogens with two attached hydrogens (primary N) is 1. The molecule has 1 aromatic heterocycles. The van der Waals surface area contributed by atoms with Gasteiger partial charge >= 0.3 is 0 Å². The van der Waals surface area contributed by atoms with Crippen molar-refractivity contribution < 1.29 is 0 Å². The van der Waals surface area contributed by atoms with Gasteiger partial charge in [-0.15, -0.1) is 0 Å². The molecule has 1 heterocycles. The highest BCUT2D eigenvalue weighted by atomic mass is 14.8. The highest BCUT2D eigenvalue weighted by Crippen LogP contribution is 2.60. The van der Waals surface area contributed by atoms with Gasteiger partial charge in [-0.3, -0.25) is 0 Å². The molecule has 4 saturated carbocycles. The van der Waals surface area contributed by atoms with Gasteiger partial charge < -0.3 is 10.7 Å². The normalized spacial score (nSPS) is 40.0. The number of aromatic amines is 1. The molecule has 0 spiro atoms. The number of nitrogens with one attached hydrogen (secondary N) is 1. The molecule has 0 amide bonds. The molecular weight excluding hydrogens is 232 g/mol. The lowest BCUT2D eigenvalue weighted by Gasteiger charge is -2.56. The van der Waals surface area contributed by atoms with E-state index in [2.05, 4.69) is 18.0 Å². The molecule has 4 bridgehead atoms. The number of aromatic nitrogens is 1. The summed E-state index contributed by atoms with van der Waals surface area (Å²) in [5, 5.41) is 0. The van der Waals surface area contributed by atoms with E-state index in [1.54, 1.807) is 5.69 Å². The summed E-state index contributed by atoms with van der Waals surface area (Å²) >= 11 is 0. The van der Waals surface area contributed by atoms with Crippen molar-refractivity contribution in [3.05, 3.63) is 23.0 Å². The third-order valence-electron chi connectivity index (χ3n) is 6.13. The number of rotatable bonds is 3. The average molecular weight is 258 g/mol. The van der Waals surface area contributed by atoms with Gasteiger partial charge in [0.1, 0.15) is 0 Å². The average Bonchev–Trinajstić information content (AvgIpc) is 2.70. The highest BCUT2D eigenvalue weighted by Gasteiger charge is 2.52. The van der Waals surface area contributed by atoms with Crippen LogP contribution >= 0.6 is 0 Å². The van der Waals surface area contributed by atoms with Crippen LogP contribution in [0.15, 0.2) is 6.07 Å². The Morgan fingerprint density at radius 2 is 1.74 bits per heavy atom. The van der Waals surface area contributed by atoms with Crippen molar-refractivity contribution in [2.75, 3.05) is 6.54 Å². The standard InChI is InChI=1S/C17H26N2/c1-11-4-16(19-15(11)2-3-18)17-8-12-5-13(9-17)7-14(6-12)10-17/h4,12-14,19H,2-3,5-10,18H2,1H3. The van der Waals surface area contributed by atoms with Gasteiger partial charge in [-0.2, -0.15) is 0 Å². The van der Waals surface area contributed by atoms with Crippen molar-refractivity contribution in [1.82, 2.24) is 4.98 Å². The number of aryl methyl sites for hydroxylation is 1. The fourth-order valence-electron chi connectivity index (χ4n) is 5.73. The molecule has 0 radical (unpaired) electrons. The molecule has 0 aromatic carbocycles. The van der Waals surface area contributed by atoms with Crippen LogP contribution in [0.4, 0.5) is 0 Å². The molecule has 4 aliphatic rings. The third kappa shape index (κ3) is 1.79. The van der Waals surface area contributed by atoms with E-state index >= 15 is 0 Å². The fraction of sp³-hybridized carbons (Fsp3) is 0.765. The van der Waals surface area contributed by atoms with Crippen molar-refractivity contribution in [2.45, 2.75) is 57.3 Å². The second-order valence-corrected chi connectivity index (χ2v) is 7.58. The Bertz CT molecular complexity index is 450. The summed E-state index contributed by atoms with van der Waals surface area (Å²) in [5.74, 6) is 3.06. The Morgan fingerprint density at radius 3 is 2.26 bits per heavy atom. The first-order valence-corrected chi connectivity index (χ1v) is 8.07. The maximum absolute atomic E-state index is 5.72. The Hall–Kier alpha value is -0.760. The molecule has 0 atom stereocenters. The van der Waals surface area contributed by atoms with Crippen molar-refractivity contribution in [3.8, 4) is 0 Å². The Kier molecular flexibility index (Phi) is 2.60. The maximum atomic E-state index is 5.72. The second kappa shape index (κ2) is 4.12. The van der Waals surface area contributed by atoms with Crippen LogP contribution in [0.25, 0.3) is 0 Å². The second-order valence-electron chi connectivity index (χ2n) is 7.58. The van der Waals surface area contributed by atoms with Gasteiger partial charge in [0.15, 0.2) is 0 Å². The van der Waals surface area contributed by atoms with Gasteiger partial charge in [0, 0.05) is 16.8 Å². The molecular formula is C17H26N2. The van der Waals surface area contributed by atoms with E-state index < -0.39 is 0 Å². The molecule has 0 unspecified atom stereocenters. The minimum absolute atomic E-state index is 0.506. The van der Waals surface area contributed by atoms with Gasteiger partial charge in [0.2, 0.25) is 0 Å². The highest BCUT2D eigenvalue weighted by molar-refractivity contribution is 5.32. The van der Waals surface area contributed by atoms with Crippen LogP contribution in [0.2, 0.25) is 0 Å². The van der Waals surface area contributed by atoms with E-state index in [0.29, 0.717) is 5.41 Å². The number of H-pyrrole nitrogens is 1.